The van der Waals surface area contributed by atoms with Gasteiger partial charge in [-0.15, -0.1) is 11.3 Å². The van der Waals surface area contributed by atoms with Crippen LogP contribution in [0.25, 0.3) is 0 Å². The van der Waals surface area contributed by atoms with Crippen molar-refractivity contribution in [2.24, 2.45) is 0 Å². The van der Waals surface area contributed by atoms with Crippen molar-refractivity contribution in [1.82, 2.24) is 10.3 Å². The molecule has 1 fully saturated rings. The van der Waals surface area contributed by atoms with Crippen LogP contribution in [0.15, 0.2) is 29.6 Å². The SMILES string of the molecule is Cc1csc(C(C)NC2CC(c3ccc(F)cc3)C2)n1. The average Bonchev–Trinajstić information content (AvgIpc) is 2.81. The summed E-state index contributed by atoms with van der Waals surface area (Å²) < 4.78 is 12.9. The Kier molecular flexibility index (Phi) is 3.85. The minimum absolute atomic E-state index is 0.157. The van der Waals surface area contributed by atoms with Crippen molar-refractivity contribution in [2.75, 3.05) is 0 Å². The molecule has 0 aliphatic heterocycles. The van der Waals surface area contributed by atoms with Gasteiger partial charge in [0.2, 0.25) is 0 Å². The largest absolute Gasteiger partial charge is 0.305 e. The quantitative estimate of drug-likeness (QED) is 0.913. The first-order valence-corrected chi connectivity index (χ1v) is 7.93. The Morgan fingerprint density at radius 1 is 1.30 bits per heavy atom. The molecule has 3 rings (SSSR count). The van der Waals surface area contributed by atoms with Crippen molar-refractivity contribution in [3.8, 4) is 0 Å². The topological polar surface area (TPSA) is 24.9 Å². The second kappa shape index (κ2) is 5.62. The zero-order chi connectivity index (χ0) is 14.1. The summed E-state index contributed by atoms with van der Waals surface area (Å²) in [7, 11) is 0. The zero-order valence-electron chi connectivity index (χ0n) is 11.8. The number of rotatable bonds is 4. The third kappa shape index (κ3) is 2.91. The predicted molar refractivity (Wildman–Crippen MR) is 80.6 cm³/mol. The Morgan fingerprint density at radius 2 is 2.00 bits per heavy atom. The van der Waals surface area contributed by atoms with E-state index in [1.165, 1.54) is 5.56 Å². The maximum Gasteiger partial charge on any atom is 0.123 e. The summed E-state index contributed by atoms with van der Waals surface area (Å²) in [6.07, 6.45) is 2.25. The van der Waals surface area contributed by atoms with Crippen LogP contribution in [-0.4, -0.2) is 11.0 Å². The van der Waals surface area contributed by atoms with E-state index >= 15 is 0 Å². The lowest BCUT2D eigenvalue weighted by molar-refractivity contribution is 0.270. The van der Waals surface area contributed by atoms with Gasteiger partial charge in [0.15, 0.2) is 0 Å². The fourth-order valence-corrected chi connectivity index (χ4v) is 3.57. The van der Waals surface area contributed by atoms with Crippen molar-refractivity contribution in [3.05, 3.63) is 51.7 Å². The van der Waals surface area contributed by atoms with Gasteiger partial charge in [0.05, 0.1) is 6.04 Å². The molecular formula is C16H19FN2S. The maximum absolute atomic E-state index is 12.9. The number of thiazole rings is 1. The highest BCUT2D eigenvalue weighted by Gasteiger charge is 2.31. The van der Waals surface area contributed by atoms with Crippen molar-refractivity contribution in [2.45, 2.75) is 44.7 Å². The van der Waals surface area contributed by atoms with Crippen molar-refractivity contribution < 1.29 is 4.39 Å². The van der Waals surface area contributed by atoms with E-state index in [0.717, 1.165) is 23.5 Å². The number of nitrogens with one attached hydrogen (secondary N) is 1. The third-order valence-electron chi connectivity index (χ3n) is 3.97. The van der Waals surface area contributed by atoms with E-state index in [9.17, 15) is 4.39 Å². The molecule has 20 heavy (non-hydrogen) atoms. The molecule has 0 spiro atoms. The Bertz CT molecular complexity index is 572. The lowest BCUT2D eigenvalue weighted by atomic mass is 9.75. The van der Waals surface area contributed by atoms with Crippen LogP contribution in [0.3, 0.4) is 0 Å². The van der Waals surface area contributed by atoms with Gasteiger partial charge in [0.25, 0.3) is 0 Å². The molecule has 1 aromatic carbocycles. The summed E-state index contributed by atoms with van der Waals surface area (Å²) in [5.41, 5.74) is 2.35. The van der Waals surface area contributed by atoms with Gasteiger partial charge in [0, 0.05) is 17.1 Å². The van der Waals surface area contributed by atoms with Crippen molar-refractivity contribution >= 4 is 11.3 Å². The first-order valence-electron chi connectivity index (χ1n) is 7.05. The Labute approximate surface area is 123 Å². The van der Waals surface area contributed by atoms with Gasteiger partial charge in [-0.2, -0.15) is 0 Å². The molecule has 1 saturated carbocycles. The van der Waals surface area contributed by atoms with E-state index in [1.54, 1.807) is 23.5 Å². The van der Waals surface area contributed by atoms with Gasteiger partial charge in [-0.3, -0.25) is 0 Å². The van der Waals surface area contributed by atoms with E-state index in [4.69, 9.17) is 0 Å². The van der Waals surface area contributed by atoms with Crippen LogP contribution in [0.1, 0.15) is 48.0 Å². The number of hydrogen-bond donors (Lipinski definition) is 1. The zero-order valence-corrected chi connectivity index (χ0v) is 12.6. The third-order valence-corrected chi connectivity index (χ3v) is 5.12. The van der Waals surface area contributed by atoms with E-state index in [2.05, 4.69) is 22.6 Å². The highest BCUT2D eigenvalue weighted by Crippen LogP contribution is 2.38. The highest BCUT2D eigenvalue weighted by molar-refractivity contribution is 7.09. The van der Waals surface area contributed by atoms with E-state index in [-0.39, 0.29) is 5.82 Å². The fourth-order valence-electron chi connectivity index (χ4n) is 2.76. The molecule has 4 heteroatoms. The maximum atomic E-state index is 12.9. The second-order valence-electron chi connectivity index (χ2n) is 5.63. The lowest BCUT2D eigenvalue weighted by Crippen LogP contribution is -2.41. The van der Waals surface area contributed by atoms with Gasteiger partial charge in [-0.1, -0.05) is 12.1 Å². The number of benzene rings is 1. The predicted octanol–water partition coefficient (Wildman–Crippen LogP) is 4.19. The average molecular weight is 290 g/mol. The number of nitrogens with zero attached hydrogens (tertiary/aromatic N) is 1. The molecule has 0 bridgehead atoms. The monoisotopic (exact) mass is 290 g/mol. The molecule has 1 atom stereocenters. The molecular weight excluding hydrogens is 271 g/mol. The molecule has 1 aromatic heterocycles. The van der Waals surface area contributed by atoms with Gasteiger partial charge >= 0.3 is 0 Å². The smallest absolute Gasteiger partial charge is 0.123 e. The van der Waals surface area contributed by atoms with Crippen LogP contribution >= 0.6 is 11.3 Å². The summed E-state index contributed by atoms with van der Waals surface area (Å²) in [4.78, 5) is 4.52. The normalized spacial score (nSPS) is 23.4. The number of aryl methyl sites for hydroxylation is 1. The molecule has 1 unspecified atom stereocenters. The molecule has 0 amide bonds. The molecule has 106 valence electrons. The second-order valence-corrected chi connectivity index (χ2v) is 6.52. The molecule has 2 nitrogen and oxygen atoms in total. The molecule has 1 N–H and O–H groups in total. The van der Waals surface area contributed by atoms with Gasteiger partial charge in [-0.25, -0.2) is 9.37 Å². The standard InChI is InChI=1S/C16H19FN2S/c1-10-9-20-16(18-10)11(2)19-15-7-13(8-15)12-3-5-14(17)6-4-12/h3-6,9,11,13,15,19H,7-8H2,1-2H3. The van der Waals surface area contributed by atoms with Crippen LogP contribution in [0.4, 0.5) is 4.39 Å². The summed E-state index contributed by atoms with van der Waals surface area (Å²) >= 11 is 1.72. The summed E-state index contributed by atoms with van der Waals surface area (Å²) in [5.74, 6) is 0.411. The summed E-state index contributed by atoms with van der Waals surface area (Å²) in [6.45, 7) is 4.20. The van der Waals surface area contributed by atoms with Crippen LogP contribution in [0.5, 0.6) is 0 Å². The van der Waals surface area contributed by atoms with Gasteiger partial charge < -0.3 is 5.32 Å². The van der Waals surface area contributed by atoms with Crippen molar-refractivity contribution in [3.63, 3.8) is 0 Å². The Balaban J connectivity index is 1.52. The first kappa shape index (κ1) is 13.7. The fraction of sp³-hybridized carbons (Fsp3) is 0.438. The van der Waals surface area contributed by atoms with E-state index in [0.29, 0.717) is 18.0 Å². The van der Waals surface area contributed by atoms with E-state index in [1.807, 2.05) is 19.1 Å². The Hall–Kier alpha value is -1.26. The van der Waals surface area contributed by atoms with Gasteiger partial charge in [0.1, 0.15) is 10.8 Å². The van der Waals surface area contributed by atoms with Crippen molar-refractivity contribution in [1.29, 1.82) is 0 Å². The summed E-state index contributed by atoms with van der Waals surface area (Å²) in [6, 6.07) is 7.78. The molecule has 2 aromatic rings. The van der Waals surface area contributed by atoms with Crippen LogP contribution in [0.2, 0.25) is 0 Å². The number of halogens is 1. The number of aromatic nitrogens is 1. The number of hydrogen-bond acceptors (Lipinski definition) is 3. The lowest BCUT2D eigenvalue weighted by Gasteiger charge is -2.37. The minimum atomic E-state index is -0.157. The minimum Gasteiger partial charge on any atom is -0.305 e. The van der Waals surface area contributed by atoms with Gasteiger partial charge in [-0.05, 0) is 50.3 Å². The van der Waals surface area contributed by atoms with Crippen LogP contribution in [-0.2, 0) is 0 Å². The first-order chi connectivity index (χ1) is 9.61. The molecule has 1 aliphatic carbocycles. The molecule has 1 aliphatic rings. The van der Waals surface area contributed by atoms with Crippen LogP contribution in [0, 0.1) is 12.7 Å². The summed E-state index contributed by atoms with van der Waals surface area (Å²) in [5, 5.41) is 6.88. The van der Waals surface area contributed by atoms with E-state index < -0.39 is 0 Å². The van der Waals surface area contributed by atoms with Crippen LogP contribution < -0.4 is 5.32 Å². The molecule has 0 saturated heterocycles. The molecule has 0 radical (unpaired) electrons. The highest BCUT2D eigenvalue weighted by atomic mass is 32.1. The Morgan fingerprint density at radius 3 is 2.60 bits per heavy atom. The molecule has 1 heterocycles.